The largest absolute Gasteiger partial charge is 0.480 e. The molecule has 0 aliphatic carbocycles. The van der Waals surface area contributed by atoms with Crippen LogP contribution in [0.4, 0.5) is 0 Å². The molecular weight excluding hydrogens is 136 g/mol. The Labute approximate surface area is 57.8 Å². The lowest BCUT2D eigenvalue weighted by Crippen LogP contribution is -2.56. The predicted molar refractivity (Wildman–Crippen MR) is 31.3 cm³/mol. The minimum Gasteiger partial charge on any atom is -0.480 e. The van der Waals surface area contributed by atoms with Crippen molar-refractivity contribution in [1.29, 1.82) is 0 Å². The normalized spacial score (nSPS) is 28.6. The van der Waals surface area contributed by atoms with Gasteiger partial charge in [0.15, 0.2) is 5.92 Å². The molecule has 0 unspecified atom stereocenters. The van der Waals surface area contributed by atoms with E-state index in [0.717, 1.165) is 0 Å². The summed E-state index contributed by atoms with van der Waals surface area (Å²) in [6.07, 6.45) is 0. The van der Waals surface area contributed by atoms with Crippen molar-refractivity contribution in [1.82, 2.24) is 0 Å². The van der Waals surface area contributed by atoms with E-state index in [2.05, 4.69) is 4.74 Å². The molecule has 0 bridgehead atoms. The molecule has 1 aliphatic rings. The molecule has 1 heterocycles. The molecule has 1 aliphatic heterocycles. The van der Waals surface area contributed by atoms with E-state index in [1.54, 1.807) is 13.8 Å². The maximum Gasteiger partial charge on any atom is 0.325 e. The van der Waals surface area contributed by atoms with E-state index in [9.17, 15) is 9.59 Å². The molecule has 0 spiro atoms. The van der Waals surface area contributed by atoms with Gasteiger partial charge in [-0.3, -0.25) is 9.59 Å². The van der Waals surface area contributed by atoms with Crippen molar-refractivity contribution in [3.8, 4) is 0 Å². The smallest absolute Gasteiger partial charge is 0.325 e. The highest BCUT2D eigenvalue weighted by atomic mass is 16.6. The van der Waals surface area contributed by atoms with Gasteiger partial charge in [-0.25, -0.2) is 0 Å². The molecule has 1 N–H and O–H groups in total. The minimum atomic E-state index is -1.11. The van der Waals surface area contributed by atoms with Crippen molar-refractivity contribution in [2.75, 3.05) is 0 Å². The summed E-state index contributed by atoms with van der Waals surface area (Å²) in [6, 6.07) is 0. The van der Waals surface area contributed by atoms with Gasteiger partial charge >= 0.3 is 11.9 Å². The first-order valence-electron chi connectivity index (χ1n) is 2.91. The zero-order chi connectivity index (χ0) is 7.94. The minimum absolute atomic E-state index is 0.641. The van der Waals surface area contributed by atoms with Gasteiger partial charge in [-0.05, 0) is 13.8 Å². The SMILES string of the molecule is CC1(C)OC(=O)[C@H]1C(=O)O. The number of aliphatic carboxylic acids is 1. The van der Waals surface area contributed by atoms with E-state index in [-0.39, 0.29) is 0 Å². The molecule has 0 radical (unpaired) electrons. The van der Waals surface area contributed by atoms with Crippen LogP contribution in [0.25, 0.3) is 0 Å². The number of hydrogen-bond acceptors (Lipinski definition) is 3. The van der Waals surface area contributed by atoms with Gasteiger partial charge in [0.25, 0.3) is 0 Å². The molecule has 1 saturated heterocycles. The topological polar surface area (TPSA) is 63.6 Å². The Morgan fingerprint density at radius 1 is 1.70 bits per heavy atom. The van der Waals surface area contributed by atoms with E-state index >= 15 is 0 Å². The Hall–Kier alpha value is -1.06. The van der Waals surface area contributed by atoms with Crippen molar-refractivity contribution in [2.24, 2.45) is 5.92 Å². The number of hydrogen-bond donors (Lipinski definition) is 1. The van der Waals surface area contributed by atoms with Gasteiger partial charge < -0.3 is 9.84 Å². The average Bonchev–Trinajstić information content (AvgIpc) is 1.58. The second kappa shape index (κ2) is 1.71. The van der Waals surface area contributed by atoms with Gasteiger partial charge in [0.2, 0.25) is 0 Å². The van der Waals surface area contributed by atoms with Crippen molar-refractivity contribution in [3.63, 3.8) is 0 Å². The van der Waals surface area contributed by atoms with Gasteiger partial charge in [0.1, 0.15) is 5.60 Å². The molecule has 1 fully saturated rings. The number of rotatable bonds is 1. The van der Waals surface area contributed by atoms with Crippen molar-refractivity contribution < 1.29 is 19.4 Å². The predicted octanol–water partition coefficient (Wildman–Crippen LogP) is 0.0226. The van der Waals surface area contributed by atoms with Crippen LogP contribution < -0.4 is 0 Å². The fourth-order valence-electron chi connectivity index (χ4n) is 1.00. The maximum absolute atomic E-state index is 10.5. The third-order valence-electron chi connectivity index (χ3n) is 1.54. The Balaban J connectivity index is 2.75. The first-order chi connectivity index (χ1) is 4.45. The molecular formula is C6H8O4. The van der Waals surface area contributed by atoms with Crippen LogP contribution in [0.3, 0.4) is 0 Å². The lowest BCUT2D eigenvalue weighted by molar-refractivity contribution is -0.209. The van der Waals surface area contributed by atoms with Crippen LogP contribution in [-0.4, -0.2) is 22.6 Å². The second-order valence-corrected chi connectivity index (χ2v) is 2.80. The van der Waals surface area contributed by atoms with E-state index in [4.69, 9.17) is 5.11 Å². The van der Waals surface area contributed by atoms with Gasteiger partial charge in [0.05, 0.1) is 0 Å². The summed E-state index contributed by atoms with van der Waals surface area (Å²) in [4.78, 5) is 20.8. The van der Waals surface area contributed by atoms with Crippen LogP contribution in [0, 0.1) is 5.92 Å². The average molecular weight is 144 g/mol. The second-order valence-electron chi connectivity index (χ2n) is 2.80. The summed E-state index contributed by atoms with van der Waals surface area (Å²) in [7, 11) is 0. The quantitative estimate of drug-likeness (QED) is 0.416. The third kappa shape index (κ3) is 0.761. The van der Waals surface area contributed by atoms with E-state index < -0.39 is 23.5 Å². The van der Waals surface area contributed by atoms with Crippen LogP contribution in [0.15, 0.2) is 0 Å². The third-order valence-corrected chi connectivity index (χ3v) is 1.54. The number of cyclic esters (lactones) is 1. The van der Waals surface area contributed by atoms with Crippen molar-refractivity contribution >= 4 is 11.9 Å². The summed E-state index contributed by atoms with van der Waals surface area (Å²) in [5.41, 5.74) is -0.817. The number of carbonyl (C=O) groups is 2. The number of carboxylic acid groups (broad SMARTS) is 1. The first-order valence-corrected chi connectivity index (χ1v) is 2.91. The molecule has 0 amide bonds. The first kappa shape index (κ1) is 7.05. The summed E-state index contributed by atoms with van der Waals surface area (Å²) in [6.45, 7) is 3.15. The summed E-state index contributed by atoms with van der Waals surface area (Å²) in [5, 5.41) is 8.44. The molecule has 56 valence electrons. The number of carbonyl (C=O) groups excluding carboxylic acids is 1. The van der Waals surface area contributed by atoms with E-state index in [1.807, 2.05) is 0 Å². The Bertz CT molecular complexity index is 186. The zero-order valence-electron chi connectivity index (χ0n) is 5.75. The Morgan fingerprint density at radius 3 is 2.30 bits per heavy atom. The fraction of sp³-hybridized carbons (Fsp3) is 0.667. The van der Waals surface area contributed by atoms with Crippen LogP contribution in [0.5, 0.6) is 0 Å². The van der Waals surface area contributed by atoms with E-state index in [0.29, 0.717) is 0 Å². The number of esters is 1. The lowest BCUT2D eigenvalue weighted by Gasteiger charge is -2.39. The van der Waals surface area contributed by atoms with Crippen LogP contribution in [-0.2, 0) is 14.3 Å². The zero-order valence-corrected chi connectivity index (χ0v) is 5.75. The molecule has 4 nitrogen and oxygen atoms in total. The van der Waals surface area contributed by atoms with Crippen LogP contribution >= 0.6 is 0 Å². The molecule has 10 heavy (non-hydrogen) atoms. The molecule has 4 heteroatoms. The molecule has 0 aromatic carbocycles. The fourth-order valence-corrected chi connectivity index (χ4v) is 1.00. The van der Waals surface area contributed by atoms with Crippen LogP contribution in [0.1, 0.15) is 13.8 Å². The van der Waals surface area contributed by atoms with Gasteiger partial charge in [-0.15, -0.1) is 0 Å². The molecule has 1 rings (SSSR count). The van der Waals surface area contributed by atoms with Gasteiger partial charge in [-0.2, -0.15) is 0 Å². The lowest BCUT2D eigenvalue weighted by atomic mass is 9.85. The Morgan fingerprint density at radius 2 is 2.20 bits per heavy atom. The molecule has 0 aromatic heterocycles. The highest BCUT2D eigenvalue weighted by Gasteiger charge is 2.54. The Kier molecular flexibility index (Phi) is 1.21. The highest BCUT2D eigenvalue weighted by molar-refractivity contribution is 5.99. The number of carboxylic acids is 1. The van der Waals surface area contributed by atoms with Crippen molar-refractivity contribution in [2.45, 2.75) is 19.4 Å². The maximum atomic E-state index is 10.5. The highest BCUT2D eigenvalue weighted by Crippen LogP contribution is 2.33. The van der Waals surface area contributed by atoms with E-state index in [1.165, 1.54) is 0 Å². The summed E-state index contributed by atoms with van der Waals surface area (Å²) >= 11 is 0. The van der Waals surface area contributed by atoms with Gasteiger partial charge in [-0.1, -0.05) is 0 Å². The molecule has 1 atom stereocenters. The molecule has 0 saturated carbocycles. The monoisotopic (exact) mass is 144 g/mol. The molecule has 0 aromatic rings. The van der Waals surface area contributed by atoms with Gasteiger partial charge in [0, 0.05) is 0 Å². The standard InChI is InChI=1S/C6H8O4/c1-6(2)3(4(7)8)5(9)10-6/h3H,1-2H3,(H,7,8)/t3-/m1/s1. The summed E-state index contributed by atoms with van der Waals surface area (Å²) < 4.78 is 4.58. The van der Waals surface area contributed by atoms with Crippen molar-refractivity contribution in [3.05, 3.63) is 0 Å². The van der Waals surface area contributed by atoms with Crippen LogP contribution in [0.2, 0.25) is 0 Å². The number of ether oxygens (including phenoxy) is 1. The summed E-state index contributed by atoms with van der Waals surface area (Å²) in [5.74, 6) is -2.73.